The number of aryl methyl sites for hydroxylation is 1. The molecule has 5 nitrogen and oxygen atoms in total. The van der Waals surface area contributed by atoms with Crippen molar-refractivity contribution in [1.82, 2.24) is 19.7 Å². The summed E-state index contributed by atoms with van der Waals surface area (Å²) in [6, 6.07) is 0. The van der Waals surface area contributed by atoms with E-state index in [1.165, 1.54) is 0 Å². The minimum Gasteiger partial charge on any atom is -0.369 e. The van der Waals surface area contributed by atoms with Crippen molar-refractivity contribution >= 4 is 16.9 Å². The lowest BCUT2D eigenvalue weighted by molar-refractivity contribution is 0.785. The molecule has 0 amide bonds. The topological polar surface area (TPSA) is 55.6 Å². The van der Waals surface area contributed by atoms with Crippen molar-refractivity contribution < 1.29 is 0 Å². The number of hydrogen-bond acceptors (Lipinski definition) is 4. The van der Waals surface area contributed by atoms with Crippen LogP contribution in [0, 0.1) is 0 Å². The third-order valence-corrected chi connectivity index (χ3v) is 2.17. The van der Waals surface area contributed by atoms with Crippen molar-refractivity contribution in [2.45, 2.75) is 6.42 Å². The quantitative estimate of drug-likeness (QED) is 0.602. The number of hydrogen-bond donors (Lipinski definition) is 1. The molecule has 0 atom stereocenters. The van der Waals surface area contributed by atoms with Gasteiger partial charge < -0.3 is 5.32 Å². The summed E-state index contributed by atoms with van der Waals surface area (Å²) in [5.74, 6) is 0.829. The second-order valence-corrected chi connectivity index (χ2v) is 3.23. The summed E-state index contributed by atoms with van der Waals surface area (Å²) in [4.78, 5) is 8.34. The fourth-order valence-electron chi connectivity index (χ4n) is 1.40. The molecule has 0 aromatic carbocycles. The Balaban J connectivity index is 2.30. The van der Waals surface area contributed by atoms with E-state index in [-0.39, 0.29) is 0 Å². The van der Waals surface area contributed by atoms with Gasteiger partial charge in [-0.2, -0.15) is 5.10 Å². The Morgan fingerprint density at radius 3 is 3.20 bits per heavy atom. The van der Waals surface area contributed by atoms with Crippen LogP contribution in [0.3, 0.4) is 0 Å². The zero-order valence-electron chi connectivity index (χ0n) is 8.64. The molecule has 0 bridgehead atoms. The summed E-state index contributed by atoms with van der Waals surface area (Å²) in [5, 5.41) is 8.31. The molecular weight excluding hydrogens is 190 g/mol. The van der Waals surface area contributed by atoms with Crippen LogP contribution in [-0.4, -0.2) is 26.3 Å². The molecule has 0 radical (unpaired) electrons. The van der Waals surface area contributed by atoms with Crippen LogP contribution in [-0.2, 0) is 7.05 Å². The molecule has 15 heavy (non-hydrogen) atoms. The number of nitrogens with zero attached hydrogens (tertiary/aromatic N) is 4. The number of fused-ring (bicyclic) bond motifs is 1. The van der Waals surface area contributed by atoms with E-state index in [0.29, 0.717) is 0 Å². The van der Waals surface area contributed by atoms with E-state index in [0.717, 1.165) is 29.8 Å². The molecule has 0 saturated carbocycles. The van der Waals surface area contributed by atoms with E-state index in [1.807, 2.05) is 13.1 Å². The summed E-state index contributed by atoms with van der Waals surface area (Å²) < 4.78 is 1.73. The highest BCUT2D eigenvalue weighted by molar-refractivity contribution is 5.85. The van der Waals surface area contributed by atoms with Crippen LogP contribution < -0.4 is 5.32 Å². The number of aromatic nitrogens is 4. The highest BCUT2D eigenvalue weighted by Crippen LogP contribution is 2.17. The van der Waals surface area contributed by atoms with Gasteiger partial charge in [-0.15, -0.1) is 6.58 Å². The highest BCUT2D eigenvalue weighted by Gasteiger charge is 2.06. The van der Waals surface area contributed by atoms with Gasteiger partial charge in [-0.05, 0) is 6.42 Å². The fourth-order valence-corrected chi connectivity index (χ4v) is 1.40. The lowest BCUT2D eigenvalue weighted by atomic mass is 10.3. The van der Waals surface area contributed by atoms with Gasteiger partial charge in [0.05, 0.1) is 11.6 Å². The first kappa shape index (κ1) is 9.64. The number of nitrogens with one attached hydrogen (secondary N) is 1. The van der Waals surface area contributed by atoms with Crippen LogP contribution in [0.2, 0.25) is 0 Å². The van der Waals surface area contributed by atoms with Gasteiger partial charge in [0.1, 0.15) is 12.1 Å². The Morgan fingerprint density at radius 2 is 2.40 bits per heavy atom. The Hall–Kier alpha value is -1.91. The lowest BCUT2D eigenvalue weighted by Gasteiger charge is -2.03. The van der Waals surface area contributed by atoms with Crippen LogP contribution >= 0.6 is 0 Å². The van der Waals surface area contributed by atoms with Gasteiger partial charge in [0.2, 0.25) is 0 Å². The molecule has 0 spiro atoms. The summed E-state index contributed by atoms with van der Waals surface area (Å²) in [6.07, 6.45) is 6.09. The van der Waals surface area contributed by atoms with Crippen LogP contribution in [0.25, 0.3) is 11.0 Å². The van der Waals surface area contributed by atoms with Crippen molar-refractivity contribution in [3.63, 3.8) is 0 Å². The molecular formula is C10H13N5. The fraction of sp³-hybridized carbons (Fsp3) is 0.300. The van der Waals surface area contributed by atoms with Gasteiger partial charge in [0.15, 0.2) is 5.65 Å². The summed E-state index contributed by atoms with van der Waals surface area (Å²) in [7, 11) is 1.86. The van der Waals surface area contributed by atoms with E-state index in [2.05, 4.69) is 27.0 Å². The maximum Gasteiger partial charge on any atom is 0.163 e. The first-order valence-electron chi connectivity index (χ1n) is 4.80. The maximum atomic E-state index is 4.18. The lowest BCUT2D eigenvalue weighted by Crippen LogP contribution is -2.03. The molecule has 1 N–H and O–H groups in total. The molecule has 5 heteroatoms. The van der Waals surface area contributed by atoms with E-state index in [9.17, 15) is 0 Å². The van der Waals surface area contributed by atoms with E-state index in [4.69, 9.17) is 0 Å². The average molecular weight is 203 g/mol. The van der Waals surface area contributed by atoms with Gasteiger partial charge in [-0.25, -0.2) is 9.97 Å². The van der Waals surface area contributed by atoms with E-state index < -0.39 is 0 Å². The van der Waals surface area contributed by atoms with Crippen molar-refractivity contribution in [1.29, 1.82) is 0 Å². The van der Waals surface area contributed by atoms with Crippen molar-refractivity contribution in [3.05, 3.63) is 25.2 Å². The number of rotatable bonds is 4. The van der Waals surface area contributed by atoms with Crippen LogP contribution in [0.4, 0.5) is 5.82 Å². The Labute approximate surface area is 87.8 Å². The molecule has 2 rings (SSSR count). The van der Waals surface area contributed by atoms with Gasteiger partial charge >= 0.3 is 0 Å². The average Bonchev–Trinajstić information content (AvgIpc) is 2.62. The molecule has 0 aliphatic carbocycles. The second kappa shape index (κ2) is 4.08. The monoisotopic (exact) mass is 203 g/mol. The summed E-state index contributed by atoms with van der Waals surface area (Å²) >= 11 is 0. The molecule has 0 aliphatic rings. The minimum absolute atomic E-state index is 0.824. The van der Waals surface area contributed by atoms with Crippen LogP contribution in [0.1, 0.15) is 6.42 Å². The first-order chi connectivity index (χ1) is 7.33. The molecule has 0 unspecified atom stereocenters. The highest BCUT2D eigenvalue weighted by atomic mass is 15.3. The van der Waals surface area contributed by atoms with Crippen molar-refractivity contribution in [2.24, 2.45) is 7.05 Å². The van der Waals surface area contributed by atoms with Crippen molar-refractivity contribution in [3.8, 4) is 0 Å². The largest absolute Gasteiger partial charge is 0.369 e. The molecule has 2 aromatic heterocycles. The standard InChI is InChI=1S/C10H13N5/c1-3-4-5-11-9-8-6-14-15(2)10(8)13-7-12-9/h3,6-7H,1,4-5H2,2H3,(H,11,12,13). The molecule has 2 heterocycles. The Bertz CT molecular complexity index is 474. The van der Waals surface area contributed by atoms with Crippen LogP contribution in [0.5, 0.6) is 0 Å². The Kier molecular flexibility index (Phi) is 2.62. The van der Waals surface area contributed by atoms with Crippen LogP contribution in [0.15, 0.2) is 25.2 Å². The second-order valence-electron chi connectivity index (χ2n) is 3.23. The van der Waals surface area contributed by atoms with Gasteiger partial charge in [-0.3, -0.25) is 4.68 Å². The first-order valence-corrected chi connectivity index (χ1v) is 4.80. The van der Waals surface area contributed by atoms with Crippen molar-refractivity contribution in [2.75, 3.05) is 11.9 Å². The predicted molar refractivity (Wildman–Crippen MR) is 59.6 cm³/mol. The molecule has 0 fully saturated rings. The number of anilines is 1. The SMILES string of the molecule is C=CCCNc1ncnc2c1cnn2C. The minimum atomic E-state index is 0.824. The smallest absolute Gasteiger partial charge is 0.163 e. The molecule has 0 aliphatic heterocycles. The third-order valence-electron chi connectivity index (χ3n) is 2.17. The Morgan fingerprint density at radius 1 is 1.53 bits per heavy atom. The molecule has 78 valence electrons. The summed E-state index contributed by atoms with van der Waals surface area (Å²) in [5.41, 5.74) is 0.839. The molecule has 0 saturated heterocycles. The van der Waals surface area contributed by atoms with Gasteiger partial charge in [0.25, 0.3) is 0 Å². The maximum absolute atomic E-state index is 4.18. The van der Waals surface area contributed by atoms with E-state index >= 15 is 0 Å². The zero-order valence-corrected chi connectivity index (χ0v) is 8.64. The van der Waals surface area contributed by atoms with Gasteiger partial charge in [-0.1, -0.05) is 6.08 Å². The third kappa shape index (κ3) is 1.81. The normalized spacial score (nSPS) is 10.5. The van der Waals surface area contributed by atoms with Gasteiger partial charge in [0, 0.05) is 13.6 Å². The predicted octanol–water partition coefficient (Wildman–Crippen LogP) is 1.35. The molecule has 2 aromatic rings. The summed E-state index contributed by atoms with van der Waals surface area (Å²) in [6.45, 7) is 4.49. The zero-order chi connectivity index (χ0) is 10.7. The van der Waals surface area contributed by atoms with E-state index in [1.54, 1.807) is 17.2 Å².